The second-order valence-electron chi connectivity index (χ2n) is 12.0. The highest BCUT2D eigenvalue weighted by Crippen LogP contribution is 2.43. The van der Waals surface area contributed by atoms with Crippen molar-refractivity contribution in [2.75, 3.05) is 41.4 Å². The van der Waals surface area contributed by atoms with Crippen molar-refractivity contribution in [2.45, 2.75) is 31.8 Å². The Kier molecular flexibility index (Phi) is 8.86. The van der Waals surface area contributed by atoms with Gasteiger partial charge in [0.15, 0.2) is 5.82 Å². The number of anilines is 3. The number of carboxylic acid groups (broad SMARTS) is 1. The van der Waals surface area contributed by atoms with E-state index in [1.165, 1.54) is 58.7 Å². The second-order valence-corrected chi connectivity index (χ2v) is 12.4. The molecule has 0 unspecified atom stereocenters. The maximum absolute atomic E-state index is 15.4. The van der Waals surface area contributed by atoms with E-state index in [0.29, 0.717) is 23.4 Å². The number of rotatable bonds is 7. The maximum Gasteiger partial charge on any atom is 0.335 e. The van der Waals surface area contributed by atoms with Crippen LogP contribution >= 0.6 is 11.6 Å². The van der Waals surface area contributed by atoms with Crippen molar-refractivity contribution in [3.8, 4) is 0 Å². The summed E-state index contributed by atoms with van der Waals surface area (Å²) in [5.41, 5.74) is 7.98. The SMILES string of the molecule is CC1(C)Cc2c(cccc2N2CCNCC2)[C@@H](C(=O)Nc2ccc(C(=O)O)cc2)N1C(=O)/C=C/c1c(N2C=NNN2)ccc(Cl)c1F. The molecule has 0 aliphatic carbocycles. The molecule has 14 heteroatoms. The van der Waals surface area contributed by atoms with Crippen LogP contribution in [0.5, 0.6) is 0 Å². The molecule has 1 atom stereocenters. The van der Waals surface area contributed by atoms with Gasteiger partial charge in [-0.1, -0.05) is 23.7 Å². The van der Waals surface area contributed by atoms with Gasteiger partial charge in [-0.15, -0.1) is 5.53 Å². The minimum absolute atomic E-state index is 0.0456. The number of hydrazine groups is 2. The van der Waals surface area contributed by atoms with Crippen LogP contribution in [0.3, 0.4) is 0 Å². The number of benzene rings is 3. The molecule has 47 heavy (non-hydrogen) atoms. The van der Waals surface area contributed by atoms with E-state index in [9.17, 15) is 19.5 Å². The topological polar surface area (TPSA) is 142 Å². The molecule has 0 saturated carbocycles. The van der Waals surface area contributed by atoms with E-state index in [-0.39, 0.29) is 16.1 Å². The highest BCUT2D eigenvalue weighted by molar-refractivity contribution is 6.31. The first-order chi connectivity index (χ1) is 22.5. The molecule has 2 amide bonds. The number of piperazine rings is 1. The van der Waals surface area contributed by atoms with Gasteiger partial charge in [0.1, 0.15) is 12.4 Å². The predicted molar refractivity (Wildman–Crippen MR) is 179 cm³/mol. The van der Waals surface area contributed by atoms with Crippen LogP contribution < -0.4 is 31.6 Å². The van der Waals surface area contributed by atoms with Gasteiger partial charge in [-0.3, -0.25) is 9.59 Å². The number of carboxylic acids is 1. The number of fused-ring (bicyclic) bond motifs is 1. The summed E-state index contributed by atoms with van der Waals surface area (Å²) in [4.78, 5) is 43.7. The third-order valence-electron chi connectivity index (χ3n) is 8.51. The van der Waals surface area contributed by atoms with E-state index >= 15 is 4.39 Å². The number of carbonyl (C=O) groups excluding carboxylic acids is 2. The summed E-state index contributed by atoms with van der Waals surface area (Å²) in [7, 11) is 0. The lowest BCUT2D eigenvalue weighted by Crippen LogP contribution is -2.56. The lowest BCUT2D eigenvalue weighted by molar-refractivity contribution is -0.142. The van der Waals surface area contributed by atoms with E-state index in [2.05, 4.69) is 31.7 Å². The van der Waals surface area contributed by atoms with Crippen molar-refractivity contribution in [2.24, 2.45) is 5.10 Å². The summed E-state index contributed by atoms with van der Waals surface area (Å²) in [5, 5.41) is 20.8. The molecule has 12 nitrogen and oxygen atoms in total. The molecule has 0 spiro atoms. The van der Waals surface area contributed by atoms with E-state index in [0.717, 1.165) is 37.4 Å². The van der Waals surface area contributed by atoms with Crippen molar-refractivity contribution in [1.82, 2.24) is 21.3 Å². The normalized spacial score (nSPS) is 18.6. The first-order valence-corrected chi connectivity index (χ1v) is 15.5. The zero-order chi connectivity index (χ0) is 33.3. The molecule has 0 bridgehead atoms. The summed E-state index contributed by atoms with van der Waals surface area (Å²) in [6.07, 6.45) is 4.46. The third kappa shape index (κ3) is 6.37. The highest BCUT2D eigenvalue weighted by atomic mass is 35.5. The first kappa shape index (κ1) is 32.0. The van der Waals surface area contributed by atoms with Gasteiger partial charge in [0.2, 0.25) is 5.91 Å². The third-order valence-corrected chi connectivity index (χ3v) is 8.81. The maximum atomic E-state index is 15.4. The lowest BCUT2D eigenvalue weighted by atomic mass is 9.79. The molecule has 0 aromatic heterocycles. The van der Waals surface area contributed by atoms with Crippen LogP contribution in [0, 0.1) is 5.82 Å². The van der Waals surface area contributed by atoms with Crippen molar-refractivity contribution in [3.63, 3.8) is 0 Å². The van der Waals surface area contributed by atoms with Crippen LogP contribution in [0.25, 0.3) is 6.08 Å². The summed E-state index contributed by atoms with van der Waals surface area (Å²) in [6, 6.07) is 13.5. The summed E-state index contributed by atoms with van der Waals surface area (Å²) < 4.78 is 15.4. The van der Waals surface area contributed by atoms with Crippen molar-refractivity contribution >= 4 is 58.9 Å². The molecule has 6 rings (SSSR count). The summed E-state index contributed by atoms with van der Waals surface area (Å²) in [6.45, 7) is 7.06. The van der Waals surface area contributed by atoms with Crippen LogP contribution in [0.15, 0.2) is 65.8 Å². The monoisotopic (exact) mass is 660 g/mol. The molecule has 3 aromatic rings. The Morgan fingerprint density at radius 3 is 2.49 bits per heavy atom. The number of hydrogen-bond acceptors (Lipinski definition) is 9. The lowest BCUT2D eigenvalue weighted by Gasteiger charge is -2.48. The highest BCUT2D eigenvalue weighted by Gasteiger charge is 2.46. The number of amides is 2. The molecule has 3 aliphatic heterocycles. The number of hydrogen-bond donors (Lipinski definition) is 5. The quantitative estimate of drug-likeness (QED) is 0.239. The number of nitrogens with one attached hydrogen (secondary N) is 4. The Balaban J connectivity index is 1.41. The molecule has 3 heterocycles. The number of aromatic carboxylic acids is 1. The van der Waals surface area contributed by atoms with Crippen molar-refractivity contribution in [3.05, 3.63) is 93.8 Å². The number of carbonyl (C=O) groups is 3. The summed E-state index contributed by atoms with van der Waals surface area (Å²) >= 11 is 6.12. The zero-order valence-electron chi connectivity index (χ0n) is 25.8. The van der Waals surface area contributed by atoms with Gasteiger partial charge < -0.3 is 25.5 Å². The first-order valence-electron chi connectivity index (χ1n) is 15.1. The van der Waals surface area contributed by atoms with Gasteiger partial charge in [0.05, 0.1) is 16.3 Å². The Morgan fingerprint density at radius 2 is 1.81 bits per heavy atom. The van der Waals surface area contributed by atoms with Crippen LogP contribution in [0.4, 0.5) is 21.5 Å². The Hall–Kier alpha value is -4.98. The van der Waals surface area contributed by atoms with Gasteiger partial charge in [-0.25, -0.2) is 19.7 Å². The van der Waals surface area contributed by atoms with Crippen molar-refractivity contribution in [1.29, 1.82) is 0 Å². The van der Waals surface area contributed by atoms with Crippen LogP contribution in [0.2, 0.25) is 5.02 Å². The Bertz CT molecular complexity index is 1770. The molecule has 5 N–H and O–H groups in total. The Labute approximate surface area is 275 Å². The minimum Gasteiger partial charge on any atom is -0.478 e. The van der Waals surface area contributed by atoms with E-state index in [1.807, 2.05) is 32.0 Å². The van der Waals surface area contributed by atoms with Gasteiger partial charge in [0, 0.05) is 54.7 Å². The number of halogens is 2. The fraction of sp³-hybridized carbons (Fsp3) is 0.273. The fourth-order valence-corrected chi connectivity index (χ4v) is 6.49. The van der Waals surface area contributed by atoms with Crippen LogP contribution in [-0.2, 0) is 16.0 Å². The van der Waals surface area contributed by atoms with E-state index in [4.69, 9.17) is 11.6 Å². The average molecular weight is 661 g/mol. The second kappa shape index (κ2) is 13.0. The standard InChI is InChI=1S/C33H34ClFN8O4/c1-33(2)18-24-22(4-3-5-26(24)41-16-14-36-15-17-41)30(31(45)38-21-8-6-20(7-9-21)32(46)47)43(33)28(44)13-10-23-27(42-19-37-39-40-42)12-11-25(34)29(23)35/h3-13,19,30,36,39-40H,14-18H2,1-2H3,(H,38,45)(H,46,47)/b13-10+/t30-/m0/s1. The number of nitrogens with zero attached hydrogens (tertiary/aromatic N) is 4. The molecule has 1 fully saturated rings. The smallest absolute Gasteiger partial charge is 0.335 e. The van der Waals surface area contributed by atoms with E-state index < -0.39 is 35.2 Å². The molecule has 1 saturated heterocycles. The number of hydrazone groups is 1. The molecule has 3 aliphatic rings. The molecular formula is C33H34ClFN8O4. The minimum atomic E-state index is -1.09. The van der Waals surface area contributed by atoms with Crippen LogP contribution in [-0.4, -0.2) is 65.8 Å². The van der Waals surface area contributed by atoms with Gasteiger partial charge >= 0.3 is 5.97 Å². The molecule has 3 aromatic carbocycles. The van der Waals surface area contributed by atoms with Gasteiger partial charge in [-0.2, -0.15) is 5.10 Å². The largest absolute Gasteiger partial charge is 0.478 e. The fourth-order valence-electron chi connectivity index (χ4n) is 6.32. The van der Waals surface area contributed by atoms with Crippen LogP contribution in [0.1, 0.15) is 46.9 Å². The molecule has 244 valence electrons. The van der Waals surface area contributed by atoms with Gasteiger partial charge in [-0.05, 0) is 79.9 Å². The molecule has 0 radical (unpaired) electrons. The Morgan fingerprint density at radius 1 is 1.06 bits per heavy atom. The predicted octanol–water partition coefficient (Wildman–Crippen LogP) is 3.92. The van der Waals surface area contributed by atoms with E-state index in [1.54, 1.807) is 6.07 Å². The van der Waals surface area contributed by atoms with Gasteiger partial charge in [0.25, 0.3) is 5.91 Å². The zero-order valence-corrected chi connectivity index (χ0v) is 26.5. The van der Waals surface area contributed by atoms with Crippen molar-refractivity contribution < 1.29 is 23.9 Å². The average Bonchev–Trinajstić information content (AvgIpc) is 3.59. The summed E-state index contributed by atoms with van der Waals surface area (Å²) in [5.74, 6) is -2.79. The molecular weight excluding hydrogens is 627 g/mol.